The Kier molecular flexibility index (Phi) is 10.1. The molecule has 0 saturated heterocycles. The van der Waals surface area contributed by atoms with Gasteiger partial charge in [-0.3, -0.25) is 4.79 Å². The van der Waals surface area contributed by atoms with Gasteiger partial charge in [-0.15, -0.1) is 0 Å². The van der Waals surface area contributed by atoms with E-state index in [4.69, 9.17) is 9.47 Å². The molecule has 0 fully saturated rings. The molecule has 0 aliphatic heterocycles. The Balaban J connectivity index is 3.59. The molecule has 2 atom stereocenters. The van der Waals surface area contributed by atoms with Gasteiger partial charge < -0.3 is 20.1 Å². The quantitative estimate of drug-likeness (QED) is 0.552. The van der Waals surface area contributed by atoms with Crippen LogP contribution >= 0.6 is 0 Å². The molecule has 5 nitrogen and oxygen atoms in total. The second-order valence-corrected chi connectivity index (χ2v) is 4.03. The summed E-state index contributed by atoms with van der Waals surface area (Å²) in [6.07, 6.45) is 0.966. The average molecular weight is 246 g/mol. The highest BCUT2D eigenvalue weighted by atomic mass is 16.5. The molecule has 0 radical (unpaired) electrons. The lowest BCUT2D eigenvalue weighted by Gasteiger charge is -2.17. The van der Waals surface area contributed by atoms with E-state index in [-0.39, 0.29) is 18.1 Å². The third-order valence-corrected chi connectivity index (χ3v) is 2.38. The first-order valence-electron chi connectivity index (χ1n) is 6.23. The first-order chi connectivity index (χ1) is 8.11. The van der Waals surface area contributed by atoms with Crippen LogP contribution in [0.4, 0.5) is 0 Å². The maximum Gasteiger partial charge on any atom is 0.236 e. The number of methoxy groups -OCH3 is 1. The van der Waals surface area contributed by atoms with E-state index in [0.717, 1.165) is 6.42 Å². The second-order valence-electron chi connectivity index (χ2n) is 4.03. The van der Waals surface area contributed by atoms with E-state index < -0.39 is 0 Å². The van der Waals surface area contributed by atoms with Crippen LogP contribution in [0, 0.1) is 0 Å². The monoisotopic (exact) mass is 246 g/mol. The maximum absolute atomic E-state index is 11.6. The summed E-state index contributed by atoms with van der Waals surface area (Å²) in [5.41, 5.74) is 0. The van der Waals surface area contributed by atoms with Crippen LogP contribution in [0.15, 0.2) is 0 Å². The van der Waals surface area contributed by atoms with Gasteiger partial charge in [0.1, 0.15) is 0 Å². The largest absolute Gasteiger partial charge is 0.385 e. The van der Waals surface area contributed by atoms with Crippen LogP contribution in [-0.4, -0.2) is 51.5 Å². The van der Waals surface area contributed by atoms with Gasteiger partial charge in [0.25, 0.3) is 0 Å². The summed E-state index contributed by atoms with van der Waals surface area (Å²) in [5.74, 6) is 0.0183. The van der Waals surface area contributed by atoms with Crippen molar-refractivity contribution >= 4 is 5.91 Å². The Morgan fingerprint density at radius 2 is 2.06 bits per heavy atom. The fourth-order valence-electron chi connectivity index (χ4n) is 1.36. The van der Waals surface area contributed by atoms with Crippen molar-refractivity contribution in [2.75, 3.05) is 33.4 Å². The van der Waals surface area contributed by atoms with Crippen molar-refractivity contribution < 1.29 is 14.3 Å². The highest BCUT2D eigenvalue weighted by Gasteiger charge is 2.12. The van der Waals surface area contributed by atoms with E-state index in [1.807, 2.05) is 20.8 Å². The zero-order valence-corrected chi connectivity index (χ0v) is 11.4. The molecule has 0 aromatic rings. The summed E-state index contributed by atoms with van der Waals surface area (Å²) in [6, 6.07) is -0.194. The van der Waals surface area contributed by atoms with Gasteiger partial charge in [0.05, 0.1) is 12.1 Å². The van der Waals surface area contributed by atoms with Crippen LogP contribution in [0.25, 0.3) is 0 Å². The molecular weight excluding hydrogens is 220 g/mol. The van der Waals surface area contributed by atoms with Crippen molar-refractivity contribution in [3.63, 3.8) is 0 Å². The zero-order chi connectivity index (χ0) is 13.1. The molecule has 0 saturated carbocycles. The minimum Gasteiger partial charge on any atom is -0.385 e. The average Bonchev–Trinajstić information content (AvgIpc) is 2.31. The smallest absolute Gasteiger partial charge is 0.236 e. The third kappa shape index (κ3) is 9.09. The van der Waals surface area contributed by atoms with Gasteiger partial charge >= 0.3 is 0 Å². The molecule has 17 heavy (non-hydrogen) atoms. The molecular formula is C12H26N2O3. The minimum atomic E-state index is -0.194. The molecule has 0 spiro atoms. The summed E-state index contributed by atoms with van der Waals surface area (Å²) >= 11 is 0. The van der Waals surface area contributed by atoms with Gasteiger partial charge in [-0.2, -0.15) is 0 Å². The molecule has 0 heterocycles. The molecule has 0 bridgehead atoms. The van der Waals surface area contributed by atoms with Crippen LogP contribution in [0.2, 0.25) is 0 Å². The SMILES string of the molecule is CCOC(C)CNC(C)C(=O)NCCCOC. The molecule has 0 rings (SSSR count). The molecule has 2 N–H and O–H groups in total. The first kappa shape index (κ1) is 16.4. The number of ether oxygens (including phenoxy) is 2. The van der Waals surface area contributed by atoms with Crippen molar-refractivity contribution in [1.29, 1.82) is 0 Å². The van der Waals surface area contributed by atoms with E-state index in [0.29, 0.717) is 26.3 Å². The predicted molar refractivity (Wildman–Crippen MR) is 68.1 cm³/mol. The molecule has 1 amide bonds. The summed E-state index contributed by atoms with van der Waals surface area (Å²) in [6.45, 7) is 8.50. The van der Waals surface area contributed by atoms with Crippen LogP contribution in [0.5, 0.6) is 0 Å². The van der Waals surface area contributed by atoms with Gasteiger partial charge in [-0.1, -0.05) is 0 Å². The lowest BCUT2D eigenvalue weighted by molar-refractivity contribution is -0.122. The second kappa shape index (κ2) is 10.5. The van der Waals surface area contributed by atoms with Gasteiger partial charge in [0.15, 0.2) is 0 Å². The number of hydrogen-bond acceptors (Lipinski definition) is 4. The molecule has 2 unspecified atom stereocenters. The molecule has 0 aliphatic rings. The molecule has 102 valence electrons. The third-order valence-electron chi connectivity index (χ3n) is 2.38. The maximum atomic E-state index is 11.6. The van der Waals surface area contributed by atoms with Crippen molar-refractivity contribution in [3.05, 3.63) is 0 Å². The van der Waals surface area contributed by atoms with Crippen molar-refractivity contribution in [2.45, 2.75) is 39.3 Å². The van der Waals surface area contributed by atoms with Crippen molar-refractivity contribution in [2.24, 2.45) is 0 Å². The van der Waals surface area contributed by atoms with E-state index in [1.54, 1.807) is 7.11 Å². The number of amides is 1. The van der Waals surface area contributed by atoms with Gasteiger partial charge in [-0.05, 0) is 27.2 Å². The number of carbonyl (C=O) groups is 1. The zero-order valence-electron chi connectivity index (χ0n) is 11.4. The molecule has 0 aromatic carbocycles. The summed E-state index contributed by atoms with van der Waals surface area (Å²) in [5, 5.41) is 5.99. The van der Waals surface area contributed by atoms with E-state index >= 15 is 0 Å². The fourth-order valence-corrected chi connectivity index (χ4v) is 1.36. The molecule has 0 aliphatic carbocycles. The minimum absolute atomic E-state index is 0.0183. The fraction of sp³-hybridized carbons (Fsp3) is 0.917. The highest BCUT2D eigenvalue weighted by molar-refractivity contribution is 5.81. The van der Waals surface area contributed by atoms with Gasteiger partial charge in [0, 0.05) is 33.4 Å². The number of rotatable bonds is 10. The number of carbonyl (C=O) groups excluding carboxylic acids is 1. The summed E-state index contributed by atoms with van der Waals surface area (Å²) in [7, 11) is 1.65. The molecule has 5 heteroatoms. The molecule has 0 aromatic heterocycles. The first-order valence-corrected chi connectivity index (χ1v) is 6.23. The summed E-state index contributed by atoms with van der Waals surface area (Å²) < 4.78 is 10.3. The van der Waals surface area contributed by atoms with Crippen LogP contribution in [-0.2, 0) is 14.3 Å². The van der Waals surface area contributed by atoms with E-state index in [1.165, 1.54) is 0 Å². The Morgan fingerprint density at radius 3 is 2.65 bits per heavy atom. The Hall–Kier alpha value is -0.650. The van der Waals surface area contributed by atoms with Gasteiger partial charge in [0.2, 0.25) is 5.91 Å². The van der Waals surface area contributed by atoms with Crippen LogP contribution in [0.1, 0.15) is 27.2 Å². The standard InChI is InChI=1S/C12H26N2O3/c1-5-17-10(2)9-14-11(3)12(15)13-7-6-8-16-4/h10-11,14H,5-9H2,1-4H3,(H,13,15). The van der Waals surface area contributed by atoms with Gasteiger partial charge in [-0.25, -0.2) is 0 Å². The Labute approximate surface area is 104 Å². The van der Waals surface area contributed by atoms with Crippen LogP contribution in [0.3, 0.4) is 0 Å². The predicted octanol–water partition coefficient (Wildman–Crippen LogP) is 0.542. The highest BCUT2D eigenvalue weighted by Crippen LogP contribution is 1.90. The normalized spacial score (nSPS) is 14.4. The van der Waals surface area contributed by atoms with E-state index in [9.17, 15) is 4.79 Å². The topological polar surface area (TPSA) is 59.6 Å². The van der Waals surface area contributed by atoms with E-state index in [2.05, 4.69) is 10.6 Å². The Morgan fingerprint density at radius 1 is 1.35 bits per heavy atom. The van der Waals surface area contributed by atoms with Crippen LogP contribution < -0.4 is 10.6 Å². The Bertz CT molecular complexity index is 200. The lowest BCUT2D eigenvalue weighted by atomic mass is 10.3. The van der Waals surface area contributed by atoms with Crippen molar-refractivity contribution in [3.8, 4) is 0 Å². The number of nitrogens with one attached hydrogen (secondary N) is 2. The summed E-state index contributed by atoms with van der Waals surface area (Å²) in [4.78, 5) is 11.6. The number of hydrogen-bond donors (Lipinski definition) is 2. The van der Waals surface area contributed by atoms with Crippen molar-refractivity contribution in [1.82, 2.24) is 10.6 Å². The lowest BCUT2D eigenvalue weighted by Crippen LogP contribution is -2.45.